The Morgan fingerprint density at radius 1 is 1.30 bits per heavy atom. The average molecular weight is 324 g/mol. The molecule has 2 amide bonds. The van der Waals surface area contributed by atoms with Crippen molar-refractivity contribution in [1.29, 1.82) is 0 Å². The van der Waals surface area contributed by atoms with Gasteiger partial charge in [-0.2, -0.15) is 5.10 Å². The fourth-order valence-corrected chi connectivity index (χ4v) is 3.02. The third-order valence-electron chi connectivity index (χ3n) is 4.03. The van der Waals surface area contributed by atoms with E-state index in [9.17, 15) is 9.90 Å². The van der Waals surface area contributed by atoms with Crippen LogP contribution in [0.1, 0.15) is 58.0 Å². The molecular weight excluding hydrogens is 292 g/mol. The SMILES string of the molecule is CCc1nn(C)c(CC)c1CNC(=O)NCC(C)(C)CC(C)O. The zero-order chi connectivity index (χ0) is 17.6. The number of aliphatic hydroxyl groups is 1. The van der Waals surface area contributed by atoms with E-state index >= 15 is 0 Å². The molecule has 6 nitrogen and oxygen atoms in total. The molecule has 1 unspecified atom stereocenters. The number of aliphatic hydroxyl groups excluding tert-OH is 1. The summed E-state index contributed by atoms with van der Waals surface area (Å²) in [5.41, 5.74) is 3.19. The Balaban J connectivity index is 2.57. The van der Waals surface area contributed by atoms with Gasteiger partial charge in [0, 0.05) is 31.4 Å². The first-order valence-corrected chi connectivity index (χ1v) is 8.43. The van der Waals surface area contributed by atoms with Crippen LogP contribution in [0, 0.1) is 5.41 Å². The van der Waals surface area contributed by atoms with Crippen LogP contribution in [0.3, 0.4) is 0 Å². The molecular formula is C17H32N4O2. The molecule has 3 N–H and O–H groups in total. The highest BCUT2D eigenvalue weighted by Crippen LogP contribution is 2.21. The van der Waals surface area contributed by atoms with Gasteiger partial charge in [-0.05, 0) is 31.6 Å². The Hall–Kier alpha value is -1.56. The second kappa shape index (κ2) is 8.34. The van der Waals surface area contributed by atoms with Crippen molar-refractivity contribution in [3.8, 4) is 0 Å². The summed E-state index contributed by atoms with van der Waals surface area (Å²) in [6.07, 6.45) is 2.03. The van der Waals surface area contributed by atoms with E-state index in [0.717, 1.165) is 29.8 Å². The smallest absolute Gasteiger partial charge is 0.315 e. The molecule has 0 fully saturated rings. The van der Waals surface area contributed by atoms with Crippen molar-refractivity contribution in [2.75, 3.05) is 6.54 Å². The predicted octanol–water partition coefficient (Wildman–Crippen LogP) is 2.14. The Kier molecular flexibility index (Phi) is 7.06. The molecule has 0 aliphatic heterocycles. The highest BCUT2D eigenvalue weighted by atomic mass is 16.3. The van der Waals surface area contributed by atoms with Crippen LogP contribution in [0.5, 0.6) is 0 Å². The number of nitrogens with zero attached hydrogens (tertiary/aromatic N) is 2. The number of carbonyl (C=O) groups is 1. The average Bonchev–Trinajstić information content (AvgIpc) is 2.76. The molecule has 1 atom stereocenters. The van der Waals surface area contributed by atoms with Crippen LogP contribution < -0.4 is 10.6 Å². The van der Waals surface area contributed by atoms with Gasteiger partial charge in [0.05, 0.1) is 11.8 Å². The van der Waals surface area contributed by atoms with E-state index in [4.69, 9.17) is 0 Å². The largest absolute Gasteiger partial charge is 0.393 e. The van der Waals surface area contributed by atoms with Gasteiger partial charge in [-0.3, -0.25) is 4.68 Å². The second-order valence-corrected chi connectivity index (χ2v) is 6.96. The predicted molar refractivity (Wildman–Crippen MR) is 92.3 cm³/mol. The molecule has 1 aromatic heterocycles. The summed E-state index contributed by atoms with van der Waals surface area (Å²) in [6, 6.07) is -0.184. The summed E-state index contributed by atoms with van der Waals surface area (Å²) in [5, 5.41) is 19.8. The van der Waals surface area contributed by atoms with E-state index in [2.05, 4.69) is 29.6 Å². The van der Waals surface area contributed by atoms with E-state index in [1.807, 2.05) is 25.6 Å². The summed E-state index contributed by atoms with van der Waals surface area (Å²) in [4.78, 5) is 12.0. The third kappa shape index (κ3) is 5.86. The lowest BCUT2D eigenvalue weighted by Crippen LogP contribution is -2.41. The number of carbonyl (C=O) groups excluding carboxylic acids is 1. The van der Waals surface area contributed by atoms with Crippen molar-refractivity contribution in [2.45, 2.75) is 66.5 Å². The summed E-state index contributed by atoms with van der Waals surface area (Å²) < 4.78 is 1.90. The number of aromatic nitrogens is 2. The molecule has 0 saturated heterocycles. The number of nitrogens with one attached hydrogen (secondary N) is 2. The summed E-state index contributed by atoms with van der Waals surface area (Å²) in [6.45, 7) is 11.0. The number of amides is 2. The fraction of sp³-hybridized carbons (Fsp3) is 0.765. The first-order valence-electron chi connectivity index (χ1n) is 8.43. The third-order valence-corrected chi connectivity index (χ3v) is 4.03. The van der Waals surface area contributed by atoms with E-state index in [1.54, 1.807) is 6.92 Å². The number of hydrogen-bond acceptors (Lipinski definition) is 3. The Labute approximate surface area is 139 Å². The number of rotatable bonds is 8. The van der Waals surface area contributed by atoms with Crippen LogP contribution in [0.2, 0.25) is 0 Å². The van der Waals surface area contributed by atoms with Gasteiger partial charge in [0.2, 0.25) is 0 Å². The molecule has 132 valence electrons. The molecule has 23 heavy (non-hydrogen) atoms. The molecule has 6 heteroatoms. The summed E-state index contributed by atoms with van der Waals surface area (Å²) in [7, 11) is 1.94. The minimum Gasteiger partial charge on any atom is -0.393 e. The molecule has 0 radical (unpaired) electrons. The van der Waals surface area contributed by atoms with E-state index < -0.39 is 0 Å². The number of aryl methyl sites for hydroxylation is 2. The molecule has 0 saturated carbocycles. The Bertz CT molecular complexity index is 521. The maximum atomic E-state index is 12.0. The zero-order valence-electron chi connectivity index (χ0n) is 15.4. The Morgan fingerprint density at radius 3 is 2.48 bits per heavy atom. The summed E-state index contributed by atoms with van der Waals surface area (Å²) in [5.74, 6) is 0. The first kappa shape index (κ1) is 19.5. The maximum Gasteiger partial charge on any atom is 0.315 e. The molecule has 0 bridgehead atoms. The fourth-order valence-electron chi connectivity index (χ4n) is 3.02. The van der Waals surface area contributed by atoms with Crippen LogP contribution in [0.25, 0.3) is 0 Å². The summed E-state index contributed by atoms with van der Waals surface area (Å²) >= 11 is 0. The number of urea groups is 1. The van der Waals surface area contributed by atoms with Gasteiger partial charge >= 0.3 is 6.03 Å². The molecule has 1 rings (SSSR count). The lowest BCUT2D eigenvalue weighted by atomic mass is 9.87. The lowest BCUT2D eigenvalue weighted by Gasteiger charge is -2.26. The monoisotopic (exact) mass is 324 g/mol. The van der Waals surface area contributed by atoms with Gasteiger partial charge in [0.15, 0.2) is 0 Å². The van der Waals surface area contributed by atoms with Crippen LogP contribution in [-0.4, -0.2) is 33.6 Å². The van der Waals surface area contributed by atoms with Gasteiger partial charge in [0.25, 0.3) is 0 Å². The Morgan fingerprint density at radius 2 is 1.96 bits per heavy atom. The van der Waals surface area contributed by atoms with Crippen molar-refractivity contribution in [3.63, 3.8) is 0 Å². The minimum atomic E-state index is -0.371. The van der Waals surface area contributed by atoms with Crippen molar-refractivity contribution in [2.24, 2.45) is 12.5 Å². The van der Waals surface area contributed by atoms with E-state index in [0.29, 0.717) is 19.5 Å². The van der Waals surface area contributed by atoms with Crippen molar-refractivity contribution < 1.29 is 9.90 Å². The van der Waals surface area contributed by atoms with Gasteiger partial charge in [-0.25, -0.2) is 4.79 Å². The molecule has 0 aliphatic rings. The van der Waals surface area contributed by atoms with E-state index in [-0.39, 0.29) is 17.6 Å². The van der Waals surface area contributed by atoms with Crippen LogP contribution in [0.4, 0.5) is 4.79 Å². The second-order valence-electron chi connectivity index (χ2n) is 6.96. The van der Waals surface area contributed by atoms with Crippen LogP contribution in [0.15, 0.2) is 0 Å². The van der Waals surface area contributed by atoms with E-state index in [1.165, 1.54) is 0 Å². The maximum absolute atomic E-state index is 12.0. The lowest BCUT2D eigenvalue weighted by molar-refractivity contribution is 0.129. The van der Waals surface area contributed by atoms with Gasteiger partial charge in [0.1, 0.15) is 0 Å². The van der Waals surface area contributed by atoms with Crippen LogP contribution in [-0.2, 0) is 26.4 Å². The van der Waals surface area contributed by atoms with Gasteiger partial charge < -0.3 is 15.7 Å². The topological polar surface area (TPSA) is 79.2 Å². The van der Waals surface area contributed by atoms with Gasteiger partial charge in [-0.1, -0.05) is 27.7 Å². The van der Waals surface area contributed by atoms with Crippen LogP contribution >= 0.6 is 0 Å². The zero-order valence-corrected chi connectivity index (χ0v) is 15.4. The number of hydrogen-bond donors (Lipinski definition) is 3. The first-order chi connectivity index (χ1) is 10.7. The van der Waals surface area contributed by atoms with Gasteiger partial charge in [-0.15, -0.1) is 0 Å². The molecule has 0 aliphatic carbocycles. The molecule has 0 spiro atoms. The van der Waals surface area contributed by atoms with Crippen molar-refractivity contribution >= 4 is 6.03 Å². The standard InChI is InChI=1S/C17H32N4O2/c1-7-14-13(15(8-2)21(6)20-14)10-18-16(23)19-11-17(4,5)9-12(3)22/h12,22H,7-11H2,1-6H3,(H2,18,19,23). The van der Waals surface area contributed by atoms with Crippen molar-refractivity contribution in [3.05, 3.63) is 17.0 Å². The molecule has 1 aromatic rings. The highest BCUT2D eigenvalue weighted by molar-refractivity contribution is 5.73. The molecule has 1 heterocycles. The normalized spacial score (nSPS) is 13.0. The highest BCUT2D eigenvalue weighted by Gasteiger charge is 2.21. The molecule has 0 aromatic carbocycles. The van der Waals surface area contributed by atoms with Crippen molar-refractivity contribution in [1.82, 2.24) is 20.4 Å². The minimum absolute atomic E-state index is 0.136. The quantitative estimate of drug-likeness (QED) is 0.685.